The molecule has 0 saturated heterocycles. The number of fused-ring (bicyclic) bond motifs is 1. The number of anilines is 2. The lowest BCUT2D eigenvalue weighted by Crippen LogP contribution is -2.25. The van der Waals surface area contributed by atoms with E-state index in [-0.39, 0.29) is 16.6 Å². The highest BCUT2D eigenvalue weighted by Crippen LogP contribution is 2.30. The van der Waals surface area contributed by atoms with E-state index in [4.69, 9.17) is 0 Å². The lowest BCUT2D eigenvalue weighted by atomic mass is 10.1. The van der Waals surface area contributed by atoms with Crippen molar-refractivity contribution >= 4 is 39.1 Å². The number of nitrogens with one attached hydrogen (secondary N) is 1. The van der Waals surface area contributed by atoms with Gasteiger partial charge in [0.2, 0.25) is 11.8 Å². The molecule has 1 aromatic carbocycles. The van der Waals surface area contributed by atoms with E-state index < -0.39 is 0 Å². The first kappa shape index (κ1) is 14.1. The maximum atomic E-state index is 11.8. The van der Waals surface area contributed by atoms with Gasteiger partial charge in [0.1, 0.15) is 0 Å². The van der Waals surface area contributed by atoms with Gasteiger partial charge < -0.3 is 10.2 Å². The van der Waals surface area contributed by atoms with Gasteiger partial charge in [-0.1, -0.05) is 22.9 Å². The molecule has 0 radical (unpaired) electrons. The molecule has 1 N–H and O–H groups in total. The second kappa shape index (κ2) is 5.74. The van der Waals surface area contributed by atoms with Gasteiger partial charge in [0.25, 0.3) is 0 Å². The topological polar surface area (TPSA) is 49.4 Å². The predicted octanol–water partition coefficient (Wildman–Crippen LogP) is 2.71. The molecule has 1 aliphatic rings. The molecule has 19 heavy (non-hydrogen) atoms. The van der Waals surface area contributed by atoms with Gasteiger partial charge in [-0.2, -0.15) is 0 Å². The Hall–Kier alpha value is -1.36. The van der Waals surface area contributed by atoms with Crippen molar-refractivity contribution in [2.45, 2.75) is 31.5 Å². The maximum absolute atomic E-state index is 11.8. The number of nitrogens with zero attached hydrogens (tertiary/aromatic N) is 1. The van der Waals surface area contributed by atoms with Crippen LogP contribution in [0.3, 0.4) is 0 Å². The zero-order valence-electron chi connectivity index (χ0n) is 11.1. The quantitative estimate of drug-likeness (QED) is 0.869. The Kier molecular flexibility index (Phi) is 4.24. The summed E-state index contributed by atoms with van der Waals surface area (Å²) in [5.74, 6) is 0.0194. The normalized spacial score (nSPS) is 15.0. The first-order valence-electron chi connectivity index (χ1n) is 6.39. The highest BCUT2D eigenvalue weighted by atomic mass is 79.9. The molecule has 0 saturated carbocycles. The van der Waals surface area contributed by atoms with Crippen LogP contribution < -0.4 is 10.2 Å². The Morgan fingerprint density at radius 3 is 2.84 bits per heavy atom. The van der Waals surface area contributed by atoms with Crippen molar-refractivity contribution in [1.82, 2.24) is 0 Å². The molecule has 0 bridgehead atoms. The Bertz CT molecular complexity index is 516. The van der Waals surface area contributed by atoms with Gasteiger partial charge >= 0.3 is 0 Å². The van der Waals surface area contributed by atoms with Crippen LogP contribution in [0, 0.1) is 0 Å². The minimum absolute atomic E-state index is 0.0381. The standard InChI is InChI=1S/C14H17BrN2O2/c1-3-12(15)14(19)16-11-4-5-13-10(8-11)6-7-17(13)9(2)18/h4-5,8,12H,3,6-7H2,1-2H3,(H,16,19). The van der Waals surface area contributed by atoms with Crippen molar-refractivity contribution in [1.29, 1.82) is 0 Å². The van der Waals surface area contributed by atoms with E-state index in [9.17, 15) is 9.59 Å². The fourth-order valence-electron chi connectivity index (χ4n) is 2.21. The van der Waals surface area contributed by atoms with Crippen molar-refractivity contribution in [3.8, 4) is 0 Å². The Balaban J connectivity index is 2.15. The van der Waals surface area contributed by atoms with Gasteiger partial charge in [0.15, 0.2) is 0 Å². The second-order valence-electron chi connectivity index (χ2n) is 4.63. The van der Waals surface area contributed by atoms with Crippen LogP contribution in [0.5, 0.6) is 0 Å². The third kappa shape index (κ3) is 2.97. The molecule has 0 spiro atoms. The largest absolute Gasteiger partial charge is 0.325 e. The summed E-state index contributed by atoms with van der Waals surface area (Å²) in [5.41, 5.74) is 2.85. The molecule has 1 aliphatic heterocycles. The van der Waals surface area contributed by atoms with E-state index in [1.54, 1.807) is 11.8 Å². The highest BCUT2D eigenvalue weighted by Gasteiger charge is 2.22. The van der Waals surface area contributed by atoms with Crippen LogP contribution in [0.4, 0.5) is 11.4 Å². The molecule has 0 aliphatic carbocycles. The zero-order valence-corrected chi connectivity index (χ0v) is 12.7. The van der Waals surface area contributed by atoms with Gasteiger partial charge in [-0.25, -0.2) is 0 Å². The molecule has 5 heteroatoms. The number of amides is 2. The monoisotopic (exact) mass is 324 g/mol. The third-order valence-electron chi connectivity index (χ3n) is 3.27. The number of benzene rings is 1. The lowest BCUT2D eigenvalue weighted by molar-refractivity contribution is -0.117. The third-order valence-corrected chi connectivity index (χ3v) is 4.33. The summed E-state index contributed by atoms with van der Waals surface area (Å²) in [6, 6.07) is 5.69. The lowest BCUT2D eigenvalue weighted by Gasteiger charge is -2.15. The fourth-order valence-corrected chi connectivity index (χ4v) is 2.33. The van der Waals surface area contributed by atoms with E-state index in [0.29, 0.717) is 0 Å². The molecule has 0 aromatic heterocycles. The summed E-state index contributed by atoms with van der Waals surface area (Å²) in [7, 11) is 0. The van der Waals surface area contributed by atoms with Gasteiger partial charge in [-0.05, 0) is 36.6 Å². The molecule has 2 rings (SSSR count). The number of carbonyl (C=O) groups excluding carboxylic acids is 2. The van der Waals surface area contributed by atoms with Crippen LogP contribution >= 0.6 is 15.9 Å². The van der Waals surface area contributed by atoms with Crippen molar-refractivity contribution in [2.24, 2.45) is 0 Å². The molecule has 1 heterocycles. The second-order valence-corrected chi connectivity index (χ2v) is 5.73. The minimum Gasteiger partial charge on any atom is -0.325 e. The Morgan fingerprint density at radius 2 is 2.21 bits per heavy atom. The van der Waals surface area contributed by atoms with Crippen LogP contribution in [0.1, 0.15) is 25.8 Å². The smallest absolute Gasteiger partial charge is 0.238 e. The molecular weight excluding hydrogens is 308 g/mol. The molecule has 1 unspecified atom stereocenters. The molecule has 1 atom stereocenters. The van der Waals surface area contributed by atoms with Crippen LogP contribution in [-0.2, 0) is 16.0 Å². The molecule has 4 nitrogen and oxygen atoms in total. The van der Waals surface area contributed by atoms with Crippen molar-refractivity contribution in [3.05, 3.63) is 23.8 Å². The van der Waals surface area contributed by atoms with E-state index >= 15 is 0 Å². The summed E-state index contributed by atoms with van der Waals surface area (Å²) in [5, 5.41) is 2.88. The molecular formula is C14H17BrN2O2. The number of carbonyl (C=O) groups is 2. The van der Waals surface area contributed by atoms with E-state index in [2.05, 4.69) is 21.2 Å². The first-order chi connectivity index (χ1) is 9.02. The summed E-state index contributed by atoms with van der Waals surface area (Å²) in [4.78, 5) is 24.8. The fraction of sp³-hybridized carbons (Fsp3) is 0.429. The summed E-state index contributed by atoms with van der Waals surface area (Å²) in [6.07, 6.45) is 1.58. The average molecular weight is 325 g/mol. The minimum atomic E-state index is -0.172. The Labute approximate surface area is 121 Å². The summed E-state index contributed by atoms with van der Waals surface area (Å²) in [6.45, 7) is 4.24. The maximum Gasteiger partial charge on any atom is 0.238 e. The average Bonchev–Trinajstić information content (AvgIpc) is 2.80. The summed E-state index contributed by atoms with van der Waals surface area (Å²) < 4.78 is 0. The number of hydrogen-bond acceptors (Lipinski definition) is 2. The number of halogens is 1. The van der Waals surface area contributed by atoms with Gasteiger partial charge in [0, 0.05) is 24.8 Å². The number of rotatable bonds is 3. The van der Waals surface area contributed by atoms with Crippen LogP contribution in [0.25, 0.3) is 0 Å². The molecule has 102 valence electrons. The van der Waals surface area contributed by atoms with Crippen molar-refractivity contribution in [3.63, 3.8) is 0 Å². The Morgan fingerprint density at radius 1 is 1.47 bits per heavy atom. The van der Waals surface area contributed by atoms with Gasteiger partial charge in [0.05, 0.1) is 4.83 Å². The predicted molar refractivity (Wildman–Crippen MR) is 79.8 cm³/mol. The van der Waals surface area contributed by atoms with Gasteiger partial charge in [-0.15, -0.1) is 0 Å². The molecule has 0 fully saturated rings. The van der Waals surface area contributed by atoms with Crippen molar-refractivity contribution in [2.75, 3.05) is 16.8 Å². The van der Waals surface area contributed by atoms with Crippen LogP contribution in [-0.4, -0.2) is 23.2 Å². The SMILES string of the molecule is CCC(Br)C(=O)Nc1ccc2c(c1)CCN2C(C)=O. The van der Waals surface area contributed by atoms with Crippen molar-refractivity contribution < 1.29 is 9.59 Å². The molecule has 2 amide bonds. The summed E-state index contributed by atoms with van der Waals surface area (Å²) >= 11 is 3.33. The van der Waals surface area contributed by atoms with Crippen LogP contribution in [0.2, 0.25) is 0 Å². The van der Waals surface area contributed by atoms with Crippen LogP contribution in [0.15, 0.2) is 18.2 Å². The zero-order chi connectivity index (χ0) is 14.0. The number of hydrogen-bond donors (Lipinski definition) is 1. The van der Waals surface area contributed by atoms with E-state index in [0.717, 1.165) is 36.3 Å². The highest BCUT2D eigenvalue weighted by molar-refractivity contribution is 9.10. The van der Waals surface area contributed by atoms with Gasteiger partial charge in [-0.3, -0.25) is 9.59 Å². The number of alkyl halides is 1. The molecule has 1 aromatic rings. The first-order valence-corrected chi connectivity index (χ1v) is 7.30. The van der Waals surface area contributed by atoms with E-state index in [1.807, 2.05) is 25.1 Å². The van der Waals surface area contributed by atoms with E-state index in [1.165, 1.54) is 0 Å².